The van der Waals surface area contributed by atoms with Crippen LogP contribution in [0.1, 0.15) is 18.4 Å². The number of hydrogen-bond donors (Lipinski definition) is 1. The van der Waals surface area contributed by atoms with Crippen LogP contribution >= 0.6 is 0 Å². The summed E-state index contributed by atoms with van der Waals surface area (Å²) in [5.41, 5.74) is 1.09. The molecular formula is C16H22N2O3. The lowest BCUT2D eigenvalue weighted by atomic mass is 10.1. The van der Waals surface area contributed by atoms with Gasteiger partial charge in [0.25, 0.3) is 0 Å². The van der Waals surface area contributed by atoms with E-state index in [1.807, 2.05) is 30.3 Å². The Hall–Kier alpha value is -1.88. The van der Waals surface area contributed by atoms with Gasteiger partial charge in [-0.2, -0.15) is 0 Å². The molecule has 1 fully saturated rings. The molecule has 1 aromatic carbocycles. The third-order valence-corrected chi connectivity index (χ3v) is 3.63. The van der Waals surface area contributed by atoms with Crippen molar-refractivity contribution in [2.24, 2.45) is 5.92 Å². The Morgan fingerprint density at radius 2 is 2.14 bits per heavy atom. The first-order valence-electron chi connectivity index (χ1n) is 7.29. The number of nitrogens with one attached hydrogen (secondary N) is 1. The molecule has 5 nitrogen and oxygen atoms in total. The van der Waals surface area contributed by atoms with Gasteiger partial charge in [-0.25, -0.2) is 0 Å². The van der Waals surface area contributed by atoms with Gasteiger partial charge < -0.3 is 15.0 Å². The number of hydrogen-bond acceptors (Lipinski definition) is 3. The first-order valence-corrected chi connectivity index (χ1v) is 7.29. The van der Waals surface area contributed by atoms with Gasteiger partial charge in [0.1, 0.15) is 0 Å². The Morgan fingerprint density at radius 1 is 1.38 bits per heavy atom. The lowest BCUT2D eigenvalue weighted by Crippen LogP contribution is -2.33. The van der Waals surface area contributed by atoms with Gasteiger partial charge in [-0.1, -0.05) is 30.3 Å². The number of carbonyl (C=O) groups is 2. The van der Waals surface area contributed by atoms with Crippen LogP contribution in [-0.2, 0) is 20.9 Å². The Labute approximate surface area is 125 Å². The Morgan fingerprint density at radius 3 is 2.86 bits per heavy atom. The zero-order chi connectivity index (χ0) is 15.1. The van der Waals surface area contributed by atoms with Crippen LogP contribution in [0.25, 0.3) is 0 Å². The Balaban J connectivity index is 1.80. The standard InChI is InChI=1S/C16H22N2O3/c1-21-9-5-8-17-16(20)14-10-15(19)18(12-14)11-13-6-3-2-4-7-13/h2-4,6-7,14H,5,8-12H2,1H3,(H,17,20)/t14-/m0/s1. The summed E-state index contributed by atoms with van der Waals surface area (Å²) in [5.74, 6) is -0.213. The van der Waals surface area contributed by atoms with Crippen LogP contribution < -0.4 is 5.32 Å². The molecule has 1 aromatic rings. The fourth-order valence-electron chi connectivity index (χ4n) is 2.48. The van der Waals surface area contributed by atoms with Crippen molar-refractivity contribution in [1.82, 2.24) is 10.2 Å². The van der Waals surface area contributed by atoms with Gasteiger partial charge in [-0.3, -0.25) is 9.59 Å². The number of rotatable bonds is 7. The summed E-state index contributed by atoms with van der Waals surface area (Å²) in [6, 6.07) is 9.84. The summed E-state index contributed by atoms with van der Waals surface area (Å²) in [6.45, 7) is 2.30. The summed E-state index contributed by atoms with van der Waals surface area (Å²) >= 11 is 0. The smallest absolute Gasteiger partial charge is 0.225 e. The molecular weight excluding hydrogens is 268 g/mol. The number of likely N-dealkylation sites (tertiary alicyclic amines) is 1. The molecule has 2 rings (SSSR count). The van der Waals surface area contributed by atoms with Crippen molar-refractivity contribution in [3.05, 3.63) is 35.9 Å². The molecule has 114 valence electrons. The van der Waals surface area contributed by atoms with Crippen molar-refractivity contribution >= 4 is 11.8 Å². The van der Waals surface area contributed by atoms with E-state index in [0.717, 1.165) is 12.0 Å². The van der Waals surface area contributed by atoms with Crippen molar-refractivity contribution in [1.29, 1.82) is 0 Å². The van der Waals surface area contributed by atoms with E-state index < -0.39 is 0 Å². The highest BCUT2D eigenvalue weighted by Gasteiger charge is 2.33. The molecule has 2 amide bonds. The van der Waals surface area contributed by atoms with E-state index in [4.69, 9.17) is 4.74 Å². The van der Waals surface area contributed by atoms with Crippen LogP contribution in [0.2, 0.25) is 0 Å². The number of benzene rings is 1. The normalized spacial score (nSPS) is 18.0. The minimum atomic E-state index is -0.233. The molecule has 1 aliphatic rings. The fraction of sp³-hybridized carbons (Fsp3) is 0.500. The van der Waals surface area contributed by atoms with E-state index in [1.54, 1.807) is 12.0 Å². The monoisotopic (exact) mass is 290 g/mol. The average Bonchev–Trinajstić information content (AvgIpc) is 2.86. The molecule has 1 saturated heterocycles. The number of nitrogens with zero attached hydrogens (tertiary/aromatic N) is 1. The molecule has 5 heteroatoms. The van der Waals surface area contributed by atoms with Crippen molar-refractivity contribution < 1.29 is 14.3 Å². The van der Waals surface area contributed by atoms with E-state index in [2.05, 4.69) is 5.32 Å². The van der Waals surface area contributed by atoms with Gasteiger partial charge in [0.2, 0.25) is 11.8 Å². The molecule has 0 unspecified atom stereocenters. The SMILES string of the molecule is COCCCNC(=O)[C@H]1CC(=O)N(Cc2ccccc2)C1. The van der Waals surface area contributed by atoms with Gasteiger partial charge in [-0.05, 0) is 12.0 Å². The third-order valence-electron chi connectivity index (χ3n) is 3.63. The minimum absolute atomic E-state index is 0.0324. The quantitative estimate of drug-likeness (QED) is 0.767. The van der Waals surface area contributed by atoms with Gasteiger partial charge in [0, 0.05) is 39.8 Å². The van der Waals surface area contributed by atoms with E-state index in [-0.39, 0.29) is 17.7 Å². The number of methoxy groups -OCH3 is 1. The Bertz CT molecular complexity index is 476. The fourth-order valence-corrected chi connectivity index (χ4v) is 2.48. The summed E-state index contributed by atoms with van der Waals surface area (Å²) < 4.78 is 4.94. The van der Waals surface area contributed by atoms with Crippen LogP contribution in [0.4, 0.5) is 0 Å². The van der Waals surface area contributed by atoms with E-state index >= 15 is 0 Å². The highest BCUT2D eigenvalue weighted by atomic mass is 16.5. The molecule has 1 N–H and O–H groups in total. The van der Waals surface area contributed by atoms with Crippen LogP contribution in [0, 0.1) is 5.92 Å². The number of ether oxygens (including phenoxy) is 1. The van der Waals surface area contributed by atoms with Crippen LogP contribution in [0.15, 0.2) is 30.3 Å². The highest BCUT2D eigenvalue weighted by molar-refractivity contribution is 5.89. The first kappa shape index (κ1) is 15.5. The summed E-state index contributed by atoms with van der Waals surface area (Å²) in [7, 11) is 1.64. The maximum Gasteiger partial charge on any atom is 0.225 e. The molecule has 1 atom stereocenters. The van der Waals surface area contributed by atoms with Crippen molar-refractivity contribution in [2.75, 3.05) is 26.8 Å². The first-order chi connectivity index (χ1) is 10.2. The Kier molecular flexibility index (Phi) is 5.75. The molecule has 0 aromatic heterocycles. The zero-order valence-corrected chi connectivity index (χ0v) is 12.4. The molecule has 1 aliphatic heterocycles. The zero-order valence-electron chi connectivity index (χ0n) is 12.4. The summed E-state index contributed by atoms with van der Waals surface area (Å²) in [4.78, 5) is 25.8. The number of carbonyl (C=O) groups excluding carboxylic acids is 2. The van der Waals surface area contributed by atoms with Gasteiger partial charge in [0.05, 0.1) is 5.92 Å². The topological polar surface area (TPSA) is 58.6 Å². The molecule has 0 spiro atoms. The third kappa shape index (κ3) is 4.56. The lowest BCUT2D eigenvalue weighted by Gasteiger charge is -2.16. The van der Waals surface area contributed by atoms with E-state index in [9.17, 15) is 9.59 Å². The number of amides is 2. The lowest BCUT2D eigenvalue weighted by molar-refractivity contribution is -0.129. The van der Waals surface area contributed by atoms with Gasteiger partial charge >= 0.3 is 0 Å². The molecule has 21 heavy (non-hydrogen) atoms. The second kappa shape index (κ2) is 7.78. The van der Waals surface area contributed by atoms with Gasteiger partial charge in [0.15, 0.2) is 0 Å². The molecule has 1 heterocycles. The van der Waals surface area contributed by atoms with Crippen LogP contribution in [0.3, 0.4) is 0 Å². The average molecular weight is 290 g/mol. The maximum absolute atomic E-state index is 12.0. The molecule has 0 bridgehead atoms. The van der Waals surface area contributed by atoms with E-state index in [1.165, 1.54) is 0 Å². The summed E-state index contributed by atoms with van der Waals surface area (Å²) in [6.07, 6.45) is 1.10. The molecule has 0 aliphatic carbocycles. The largest absolute Gasteiger partial charge is 0.385 e. The maximum atomic E-state index is 12.0. The predicted octanol–water partition coefficient (Wildman–Crippen LogP) is 1.19. The molecule has 0 saturated carbocycles. The van der Waals surface area contributed by atoms with Crippen LogP contribution in [0.5, 0.6) is 0 Å². The second-order valence-electron chi connectivity index (χ2n) is 5.30. The predicted molar refractivity (Wildman–Crippen MR) is 79.5 cm³/mol. The van der Waals surface area contributed by atoms with E-state index in [0.29, 0.717) is 32.7 Å². The van der Waals surface area contributed by atoms with Gasteiger partial charge in [-0.15, -0.1) is 0 Å². The highest BCUT2D eigenvalue weighted by Crippen LogP contribution is 2.20. The van der Waals surface area contributed by atoms with Crippen molar-refractivity contribution in [2.45, 2.75) is 19.4 Å². The summed E-state index contributed by atoms with van der Waals surface area (Å²) in [5, 5.41) is 2.87. The van der Waals surface area contributed by atoms with Crippen molar-refractivity contribution in [3.63, 3.8) is 0 Å². The van der Waals surface area contributed by atoms with Crippen molar-refractivity contribution in [3.8, 4) is 0 Å². The minimum Gasteiger partial charge on any atom is -0.385 e. The van der Waals surface area contributed by atoms with Crippen LogP contribution in [-0.4, -0.2) is 43.5 Å². The molecule has 0 radical (unpaired) electrons. The second-order valence-corrected chi connectivity index (χ2v) is 5.30.